The predicted molar refractivity (Wildman–Crippen MR) is 102 cm³/mol. The van der Waals surface area contributed by atoms with E-state index in [2.05, 4.69) is 4.98 Å². The van der Waals surface area contributed by atoms with Crippen molar-refractivity contribution < 1.29 is 19.8 Å². The van der Waals surface area contributed by atoms with E-state index in [-0.39, 0.29) is 0 Å². The van der Waals surface area contributed by atoms with Gasteiger partial charge in [-0.1, -0.05) is 36.4 Å². The quantitative estimate of drug-likeness (QED) is 0.653. The van der Waals surface area contributed by atoms with E-state index in [0.29, 0.717) is 0 Å². The number of carbonyl (C=O) groups is 2. The summed E-state index contributed by atoms with van der Waals surface area (Å²) < 4.78 is 1.92. The zero-order valence-corrected chi connectivity index (χ0v) is 14.2. The van der Waals surface area contributed by atoms with Gasteiger partial charge in [-0.15, -0.1) is 0 Å². The smallest absolute Gasteiger partial charge is 0.328 e. The van der Waals surface area contributed by atoms with E-state index in [1.54, 1.807) is 6.20 Å². The molecule has 0 radical (unpaired) electrons. The van der Waals surface area contributed by atoms with Crippen LogP contribution in [0.2, 0.25) is 0 Å². The summed E-state index contributed by atoms with van der Waals surface area (Å²) in [5, 5.41) is 17.4. The average Bonchev–Trinajstić information content (AvgIpc) is 3.15. The molecule has 6 heteroatoms. The van der Waals surface area contributed by atoms with E-state index in [1.807, 2.05) is 59.3 Å². The molecule has 0 atom stereocenters. The van der Waals surface area contributed by atoms with Crippen molar-refractivity contribution in [2.75, 3.05) is 0 Å². The van der Waals surface area contributed by atoms with E-state index >= 15 is 0 Å². The summed E-state index contributed by atoms with van der Waals surface area (Å²) in [5.41, 5.74) is 3.36. The second-order valence-electron chi connectivity index (χ2n) is 5.68. The lowest BCUT2D eigenvalue weighted by atomic mass is 10.1. The van der Waals surface area contributed by atoms with Crippen molar-refractivity contribution in [3.8, 4) is 17.1 Å². The first-order valence-electron chi connectivity index (χ1n) is 8.09. The number of hydrogen-bond donors (Lipinski definition) is 2. The molecule has 0 bridgehead atoms. The first kappa shape index (κ1) is 17.9. The molecule has 3 rings (SSSR count). The molecular formula is C21H16N2O4. The molecule has 2 aromatic carbocycles. The third-order valence-electron chi connectivity index (χ3n) is 3.82. The minimum Gasteiger partial charge on any atom is -0.478 e. The molecule has 0 spiro atoms. The van der Waals surface area contributed by atoms with Gasteiger partial charge in [0, 0.05) is 35.8 Å². The van der Waals surface area contributed by atoms with Crippen molar-refractivity contribution in [1.29, 1.82) is 0 Å². The Kier molecular flexibility index (Phi) is 5.28. The molecule has 6 nitrogen and oxygen atoms in total. The molecule has 134 valence electrons. The Morgan fingerprint density at radius 1 is 0.815 bits per heavy atom. The second-order valence-corrected chi connectivity index (χ2v) is 5.68. The highest BCUT2D eigenvalue weighted by atomic mass is 16.4. The molecular weight excluding hydrogens is 344 g/mol. The van der Waals surface area contributed by atoms with Crippen LogP contribution in [0.1, 0.15) is 11.1 Å². The fourth-order valence-corrected chi connectivity index (χ4v) is 2.55. The Balaban J connectivity index is 1.85. The molecule has 1 heterocycles. The lowest BCUT2D eigenvalue weighted by Crippen LogP contribution is -1.96. The Bertz CT molecular complexity index is 931. The van der Waals surface area contributed by atoms with Crippen LogP contribution in [-0.2, 0) is 9.59 Å². The van der Waals surface area contributed by atoms with E-state index in [9.17, 15) is 9.59 Å². The lowest BCUT2D eigenvalue weighted by Gasteiger charge is -2.09. The Labute approximate surface area is 155 Å². The molecule has 1 aromatic heterocycles. The van der Waals surface area contributed by atoms with Gasteiger partial charge in [0.05, 0.1) is 0 Å². The summed E-state index contributed by atoms with van der Waals surface area (Å²) in [7, 11) is 0. The molecule has 0 aliphatic rings. The predicted octanol–water partition coefficient (Wildman–Crippen LogP) is 3.73. The first-order chi connectivity index (χ1) is 13.0. The van der Waals surface area contributed by atoms with Crippen molar-refractivity contribution in [3.63, 3.8) is 0 Å². The van der Waals surface area contributed by atoms with Gasteiger partial charge in [-0.2, -0.15) is 0 Å². The van der Waals surface area contributed by atoms with Crippen molar-refractivity contribution in [1.82, 2.24) is 9.55 Å². The van der Waals surface area contributed by atoms with Crippen molar-refractivity contribution in [3.05, 3.63) is 84.2 Å². The zero-order valence-electron chi connectivity index (χ0n) is 14.2. The van der Waals surface area contributed by atoms with E-state index in [4.69, 9.17) is 10.2 Å². The summed E-state index contributed by atoms with van der Waals surface area (Å²) in [4.78, 5) is 25.6. The maximum atomic E-state index is 10.6. The fourth-order valence-electron chi connectivity index (χ4n) is 2.55. The SMILES string of the molecule is O=C(O)/C=C/c1ccc(-c2nccn2-c2ccc(/C=C/C(=O)O)cc2)cc1. The minimum absolute atomic E-state index is 0.748. The van der Waals surface area contributed by atoms with Crippen LogP contribution < -0.4 is 0 Å². The van der Waals surface area contributed by atoms with Gasteiger partial charge in [0.15, 0.2) is 0 Å². The summed E-state index contributed by atoms with van der Waals surface area (Å²) in [6, 6.07) is 14.8. The van der Waals surface area contributed by atoms with Gasteiger partial charge < -0.3 is 10.2 Å². The second kappa shape index (κ2) is 7.97. The molecule has 27 heavy (non-hydrogen) atoms. The number of hydrogen-bond acceptors (Lipinski definition) is 3. The van der Waals surface area contributed by atoms with Crippen LogP contribution in [0.3, 0.4) is 0 Å². The maximum Gasteiger partial charge on any atom is 0.328 e. The zero-order chi connectivity index (χ0) is 19.2. The number of carboxylic acids is 2. The first-order valence-corrected chi connectivity index (χ1v) is 8.09. The Morgan fingerprint density at radius 2 is 1.33 bits per heavy atom. The highest BCUT2D eigenvalue weighted by Crippen LogP contribution is 2.22. The highest BCUT2D eigenvalue weighted by Gasteiger charge is 2.07. The average molecular weight is 360 g/mol. The monoisotopic (exact) mass is 360 g/mol. The standard InChI is InChI=1S/C21H16N2O4/c24-19(25)11-5-15-1-7-17(8-2-15)21-22-13-14-23(21)18-9-3-16(4-10-18)6-12-20(26)27/h1-14H,(H,24,25)(H,26,27)/b11-5+,12-6+. The number of carboxylic acid groups (broad SMARTS) is 2. The third kappa shape index (κ3) is 4.58. The number of aromatic nitrogens is 2. The molecule has 0 saturated heterocycles. The van der Waals surface area contributed by atoms with Crippen LogP contribution >= 0.6 is 0 Å². The molecule has 0 unspecified atom stereocenters. The lowest BCUT2D eigenvalue weighted by molar-refractivity contribution is -0.132. The molecule has 0 amide bonds. The Hall–Kier alpha value is -3.93. The van der Waals surface area contributed by atoms with Crippen molar-refractivity contribution in [2.24, 2.45) is 0 Å². The van der Waals surface area contributed by atoms with Crippen molar-refractivity contribution in [2.45, 2.75) is 0 Å². The van der Waals surface area contributed by atoms with Gasteiger partial charge >= 0.3 is 11.9 Å². The number of imidazole rings is 1. The highest BCUT2D eigenvalue weighted by molar-refractivity contribution is 5.85. The summed E-state index contributed by atoms with van der Waals surface area (Å²) >= 11 is 0. The van der Waals surface area contributed by atoms with E-state index in [0.717, 1.165) is 40.4 Å². The van der Waals surface area contributed by atoms with Crippen LogP contribution in [0.5, 0.6) is 0 Å². The number of nitrogens with zero attached hydrogens (tertiary/aromatic N) is 2. The van der Waals surface area contributed by atoms with Gasteiger partial charge in [-0.25, -0.2) is 14.6 Å². The van der Waals surface area contributed by atoms with Crippen LogP contribution in [0.4, 0.5) is 0 Å². The summed E-state index contributed by atoms with van der Waals surface area (Å²) in [5.74, 6) is -1.23. The number of rotatable bonds is 6. The van der Waals surface area contributed by atoms with E-state index < -0.39 is 11.9 Å². The summed E-state index contributed by atoms with van der Waals surface area (Å²) in [6.45, 7) is 0. The van der Waals surface area contributed by atoms with Gasteiger partial charge in [-0.3, -0.25) is 4.57 Å². The van der Waals surface area contributed by atoms with Crippen LogP contribution in [0.25, 0.3) is 29.2 Å². The minimum atomic E-state index is -0.990. The van der Waals surface area contributed by atoms with Crippen LogP contribution in [-0.4, -0.2) is 31.7 Å². The molecule has 3 aromatic rings. The molecule has 0 fully saturated rings. The maximum absolute atomic E-state index is 10.6. The molecule has 0 aliphatic carbocycles. The van der Waals surface area contributed by atoms with Gasteiger partial charge in [0.2, 0.25) is 0 Å². The van der Waals surface area contributed by atoms with E-state index in [1.165, 1.54) is 12.2 Å². The molecule has 2 N–H and O–H groups in total. The van der Waals surface area contributed by atoms with Gasteiger partial charge in [-0.05, 0) is 35.4 Å². The Morgan fingerprint density at radius 3 is 1.85 bits per heavy atom. The van der Waals surface area contributed by atoms with Gasteiger partial charge in [0.1, 0.15) is 5.82 Å². The normalized spacial score (nSPS) is 11.3. The van der Waals surface area contributed by atoms with Crippen molar-refractivity contribution >= 4 is 24.1 Å². The number of benzene rings is 2. The molecule has 0 saturated carbocycles. The topological polar surface area (TPSA) is 92.4 Å². The molecule has 0 aliphatic heterocycles. The largest absolute Gasteiger partial charge is 0.478 e. The van der Waals surface area contributed by atoms with Crippen LogP contribution in [0, 0.1) is 0 Å². The van der Waals surface area contributed by atoms with Gasteiger partial charge in [0.25, 0.3) is 0 Å². The fraction of sp³-hybridized carbons (Fsp3) is 0. The van der Waals surface area contributed by atoms with Crippen LogP contribution in [0.15, 0.2) is 73.1 Å². The number of aliphatic carboxylic acids is 2. The summed E-state index contributed by atoms with van der Waals surface area (Å²) in [6.07, 6.45) is 8.79. The third-order valence-corrected chi connectivity index (χ3v) is 3.82.